The summed E-state index contributed by atoms with van der Waals surface area (Å²) in [6.45, 7) is 3.38. The van der Waals surface area contributed by atoms with Crippen LogP contribution < -0.4 is 14.2 Å². The van der Waals surface area contributed by atoms with Crippen LogP contribution in [0.5, 0.6) is 17.2 Å². The number of hydrogen-bond acceptors (Lipinski definition) is 5. The van der Waals surface area contributed by atoms with Crippen LogP contribution >= 0.6 is 0 Å². The van der Waals surface area contributed by atoms with Gasteiger partial charge in [-0.15, -0.1) is 0 Å². The lowest BCUT2D eigenvalue weighted by Gasteiger charge is -2.12. The molecule has 1 aromatic heterocycles. The van der Waals surface area contributed by atoms with Crippen LogP contribution in [0.15, 0.2) is 18.5 Å². The summed E-state index contributed by atoms with van der Waals surface area (Å²) in [6, 6.07) is 1.79. The van der Waals surface area contributed by atoms with Crippen LogP contribution in [-0.2, 0) is 4.79 Å². The van der Waals surface area contributed by atoms with Gasteiger partial charge in [0, 0.05) is 35.7 Å². The summed E-state index contributed by atoms with van der Waals surface area (Å²) in [5, 5.41) is 1.58. The van der Waals surface area contributed by atoms with Crippen molar-refractivity contribution in [3.63, 3.8) is 0 Å². The number of esters is 1. The number of carbonyl (C=O) groups is 1. The van der Waals surface area contributed by atoms with E-state index in [0.29, 0.717) is 17.2 Å². The van der Waals surface area contributed by atoms with Crippen LogP contribution in [0.25, 0.3) is 10.8 Å². The third-order valence-corrected chi connectivity index (χ3v) is 2.85. The van der Waals surface area contributed by atoms with Gasteiger partial charge < -0.3 is 14.2 Å². The summed E-state index contributed by atoms with van der Waals surface area (Å²) < 4.78 is 16.1. The first-order valence-electron chi connectivity index (χ1n) is 5.53. The zero-order valence-corrected chi connectivity index (χ0v) is 10.0. The summed E-state index contributed by atoms with van der Waals surface area (Å²) in [5.74, 6) is 1.41. The minimum atomic E-state index is -0.366. The molecule has 3 rings (SSSR count). The maximum atomic E-state index is 11.2. The first-order valence-corrected chi connectivity index (χ1v) is 5.53. The number of aromatic nitrogens is 1. The van der Waals surface area contributed by atoms with E-state index in [-0.39, 0.29) is 12.8 Å². The average Bonchev–Trinajstić information content (AvgIpc) is 2.83. The second-order valence-corrected chi connectivity index (χ2v) is 4.03. The Morgan fingerprint density at radius 1 is 1.33 bits per heavy atom. The van der Waals surface area contributed by atoms with Crippen LogP contribution in [0.2, 0.25) is 0 Å². The van der Waals surface area contributed by atoms with Crippen LogP contribution in [0, 0.1) is 6.92 Å². The van der Waals surface area contributed by atoms with Crippen LogP contribution in [-0.4, -0.2) is 17.7 Å². The zero-order chi connectivity index (χ0) is 12.7. The molecule has 1 aliphatic heterocycles. The van der Waals surface area contributed by atoms with E-state index in [1.807, 2.05) is 6.92 Å². The van der Waals surface area contributed by atoms with Crippen molar-refractivity contribution < 1.29 is 19.0 Å². The van der Waals surface area contributed by atoms with Gasteiger partial charge in [-0.25, -0.2) is 0 Å². The topological polar surface area (TPSA) is 57.7 Å². The molecule has 18 heavy (non-hydrogen) atoms. The van der Waals surface area contributed by atoms with Crippen molar-refractivity contribution in [1.29, 1.82) is 0 Å². The molecule has 5 heteroatoms. The van der Waals surface area contributed by atoms with Gasteiger partial charge in [-0.3, -0.25) is 9.78 Å². The molecular weight excluding hydrogens is 234 g/mol. The molecule has 0 aliphatic carbocycles. The highest BCUT2D eigenvalue weighted by atomic mass is 16.7. The Labute approximate surface area is 103 Å². The molecule has 0 radical (unpaired) electrons. The average molecular weight is 245 g/mol. The minimum Gasteiger partial charge on any atom is -0.453 e. The van der Waals surface area contributed by atoms with E-state index >= 15 is 0 Å². The fraction of sp³-hybridized carbons (Fsp3) is 0.231. The molecule has 0 N–H and O–H groups in total. The van der Waals surface area contributed by atoms with Crippen molar-refractivity contribution in [2.24, 2.45) is 0 Å². The number of rotatable bonds is 1. The van der Waals surface area contributed by atoms with Crippen LogP contribution in [0.4, 0.5) is 0 Å². The lowest BCUT2D eigenvalue weighted by Crippen LogP contribution is -2.04. The zero-order valence-electron chi connectivity index (χ0n) is 10.0. The predicted octanol–water partition coefficient (Wildman–Crippen LogP) is 2.20. The minimum absolute atomic E-state index is 0.170. The van der Waals surface area contributed by atoms with E-state index in [1.165, 1.54) is 6.92 Å². The Kier molecular flexibility index (Phi) is 2.33. The fourth-order valence-electron chi connectivity index (χ4n) is 2.11. The van der Waals surface area contributed by atoms with Crippen molar-refractivity contribution in [3.05, 3.63) is 24.0 Å². The van der Waals surface area contributed by atoms with Crippen molar-refractivity contribution in [1.82, 2.24) is 4.98 Å². The second kappa shape index (κ2) is 3.87. The van der Waals surface area contributed by atoms with Gasteiger partial charge >= 0.3 is 5.97 Å². The molecule has 92 valence electrons. The van der Waals surface area contributed by atoms with Gasteiger partial charge in [-0.2, -0.15) is 0 Å². The maximum absolute atomic E-state index is 11.2. The first-order chi connectivity index (χ1) is 8.68. The quantitative estimate of drug-likeness (QED) is 0.569. The molecule has 2 heterocycles. The van der Waals surface area contributed by atoms with Gasteiger partial charge in [0.05, 0.1) is 0 Å². The van der Waals surface area contributed by atoms with E-state index in [1.54, 1.807) is 18.5 Å². The normalized spacial score (nSPS) is 12.8. The molecule has 1 aliphatic rings. The lowest BCUT2D eigenvalue weighted by atomic mass is 10.1. The smallest absolute Gasteiger partial charge is 0.308 e. The first kappa shape index (κ1) is 10.8. The highest BCUT2D eigenvalue weighted by Gasteiger charge is 2.25. The standard InChI is InChI=1S/C13H11NO4/c1-7-11(18-8(2)15)9-3-4-14-5-10(9)13-12(7)16-6-17-13/h3-5H,6H2,1-2H3. The third kappa shape index (κ3) is 1.48. The van der Waals surface area contributed by atoms with Crippen LogP contribution in [0.1, 0.15) is 12.5 Å². The summed E-state index contributed by atoms with van der Waals surface area (Å²) in [4.78, 5) is 15.3. The van der Waals surface area contributed by atoms with Gasteiger partial charge in [0.1, 0.15) is 5.75 Å². The van der Waals surface area contributed by atoms with E-state index in [4.69, 9.17) is 14.2 Å². The third-order valence-electron chi connectivity index (χ3n) is 2.85. The number of ether oxygens (including phenoxy) is 3. The van der Waals surface area contributed by atoms with E-state index < -0.39 is 0 Å². The van der Waals surface area contributed by atoms with Gasteiger partial charge in [0.15, 0.2) is 11.5 Å². The number of pyridine rings is 1. The lowest BCUT2D eigenvalue weighted by molar-refractivity contribution is -0.131. The predicted molar refractivity (Wildman–Crippen MR) is 63.9 cm³/mol. The van der Waals surface area contributed by atoms with E-state index in [2.05, 4.69) is 4.98 Å². The number of fused-ring (bicyclic) bond motifs is 3. The van der Waals surface area contributed by atoms with Crippen LogP contribution in [0.3, 0.4) is 0 Å². The number of hydrogen-bond donors (Lipinski definition) is 0. The van der Waals surface area contributed by atoms with Gasteiger partial charge in [-0.1, -0.05) is 0 Å². The van der Waals surface area contributed by atoms with E-state index in [9.17, 15) is 4.79 Å². The molecule has 1 aromatic carbocycles. The number of benzene rings is 1. The fourth-order valence-corrected chi connectivity index (χ4v) is 2.11. The Bertz CT molecular complexity index is 651. The summed E-state index contributed by atoms with van der Waals surface area (Å²) in [7, 11) is 0. The summed E-state index contributed by atoms with van der Waals surface area (Å²) in [6.07, 6.45) is 3.33. The Balaban J connectivity index is 2.37. The van der Waals surface area contributed by atoms with Crippen molar-refractivity contribution in [2.75, 3.05) is 6.79 Å². The second-order valence-electron chi connectivity index (χ2n) is 4.03. The molecule has 0 fully saturated rings. The molecule has 0 saturated heterocycles. The molecule has 0 spiro atoms. The number of carbonyl (C=O) groups excluding carboxylic acids is 1. The SMILES string of the molecule is CC(=O)Oc1c(C)c2c(c3cnccc13)OCO2. The van der Waals surface area contributed by atoms with E-state index in [0.717, 1.165) is 16.3 Å². The molecule has 5 nitrogen and oxygen atoms in total. The molecule has 0 amide bonds. The number of nitrogens with zero attached hydrogens (tertiary/aromatic N) is 1. The van der Waals surface area contributed by atoms with Crippen molar-refractivity contribution in [3.8, 4) is 17.2 Å². The molecule has 0 atom stereocenters. The monoisotopic (exact) mass is 245 g/mol. The molecule has 0 bridgehead atoms. The highest BCUT2D eigenvalue weighted by Crippen LogP contribution is 2.47. The van der Waals surface area contributed by atoms with Gasteiger partial charge in [0.25, 0.3) is 0 Å². The summed E-state index contributed by atoms with van der Waals surface area (Å²) in [5.41, 5.74) is 0.761. The summed E-state index contributed by atoms with van der Waals surface area (Å²) >= 11 is 0. The molecule has 0 saturated carbocycles. The molecular formula is C13H11NO4. The van der Waals surface area contributed by atoms with Crippen molar-refractivity contribution in [2.45, 2.75) is 13.8 Å². The Hall–Kier alpha value is -2.30. The maximum Gasteiger partial charge on any atom is 0.308 e. The molecule has 2 aromatic rings. The molecule has 0 unspecified atom stereocenters. The largest absolute Gasteiger partial charge is 0.453 e. The van der Waals surface area contributed by atoms with Gasteiger partial charge in [0.2, 0.25) is 6.79 Å². The van der Waals surface area contributed by atoms with Crippen molar-refractivity contribution >= 4 is 16.7 Å². The Morgan fingerprint density at radius 2 is 2.11 bits per heavy atom. The van der Waals surface area contributed by atoms with Gasteiger partial charge in [-0.05, 0) is 13.0 Å². The highest BCUT2D eigenvalue weighted by molar-refractivity contribution is 5.98. The Morgan fingerprint density at radius 3 is 2.89 bits per heavy atom.